The van der Waals surface area contributed by atoms with Crippen LogP contribution in [0.4, 0.5) is 0 Å². The topological polar surface area (TPSA) is 79.8 Å². The number of nitrogens with one attached hydrogen (secondary N) is 1. The molecule has 3 aromatic rings. The number of nitrogens with zero attached hydrogens (tertiary/aromatic N) is 1. The second-order valence-corrected chi connectivity index (χ2v) is 13.8. The number of hydrogen-bond donors (Lipinski definition) is 1. The number of hydrogen-bond acceptors (Lipinski definition) is 8. The summed E-state index contributed by atoms with van der Waals surface area (Å²) in [5.41, 5.74) is 3.21. The van der Waals surface area contributed by atoms with E-state index in [0.29, 0.717) is 37.1 Å². The molecule has 0 fully saturated rings. The van der Waals surface area contributed by atoms with Gasteiger partial charge in [0.1, 0.15) is 0 Å². The Bertz CT molecular complexity index is 1200. The van der Waals surface area contributed by atoms with Crippen LogP contribution in [0.3, 0.4) is 0 Å². The van der Waals surface area contributed by atoms with Crippen LogP contribution < -0.4 is 18.4 Å². The van der Waals surface area contributed by atoms with Gasteiger partial charge in [0.2, 0.25) is 0 Å². The van der Waals surface area contributed by atoms with Crippen LogP contribution in [-0.2, 0) is 13.6 Å². The molecule has 0 spiro atoms. The van der Waals surface area contributed by atoms with Gasteiger partial charge < -0.3 is 0 Å². The molecule has 0 aliphatic heterocycles. The van der Waals surface area contributed by atoms with Crippen molar-refractivity contribution in [3.8, 4) is 17.2 Å². The van der Waals surface area contributed by atoms with Gasteiger partial charge in [-0.1, -0.05) is 0 Å². The van der Waals surface area contributed by atoms with E-state index in [-0.39, 0.29) is 0 Å². The summed E-state index contributed by atoms with van der Waals surface area (Å²) in [6.45, 7) is 12.9. The van der Waals surface area contributed by atoms with Crippen molar-refractivity contribution in [2.75, 3.05) is 19.8 Å². The van der Waals surface area contributed by atoms with Gasteiger partial charge in [0.05, 0.1) is 0 Å². The number of rotatable bonds is 15. The quantitative estimate of drug-likeness (QED) is 0.180. The van der Waals surface area contributed by atoms with E-state index in [1.54, 1.807) is 0 Å². The Hall–Kier alpha value is -2.01. The molecule has 208 valence electrons. The summed E-state index contributed by atoms with van der Waals surface area (Å²) in [4.78, 5) is 3.41. The summed E-state index contributed by atoms with van der Waals surface area (Å²) >= 11 is 0. The minimum atomic E-state index is -3.65. The zero-order valence-corrected chi connectivity index (χ0v) is 25.8. The standard InChI is InChI=1S/C27H39N2O6P3/c1-7-30-36(33-25-16-10-13-22(4)19-25)28-38(32-9-3,35-27-18-12-15-24(6)21-27)29-37(31-8-2)34-26-17-11-14-23(5)20-26/h10-21,28,37-38H,7-9H2,1-6H3. The van der Waals surface area contributed by atoms with Crippen LogP contribution in [0.5, 0.6) is 17.2 Å². The van der Waals surface area contributed by atoms with Crippen LogP contribution in [-0.4, -0.2) is 19.8 Å². The van der Waals surface area contributed by atoms with Crippen LogP contribution >= 0.6 is 24.7 Å². The first-order valence-electron chi connectivity index (χ1n) is 12.7. The minimum absolute atomic E-state index is 0.347. The van der Waals surface area contributed by atoms with E-state index in [1.807, 2.05) is 114 Å². The third-order valence-corrected chi connectivity index (χ3v) is 11.7. The van der Waals surface area contributed by atoms with Crippen molar-refractivity contribution < 1.29 is 27.1 Å². The zero-order chi connectivity index (χ0) is 27.4. The van der Waals surface area contributed by atoms with E-state index in [0.717, 1.165) is 16.7 Å². The summed E-state index contributed by atoms with van der Waals surface area (Å²) in [5, 5.41) is 0. The van der Waals surface area contributed by atoms with Gasteiger partial charge >= 0.3 is 229 Å². The molecule has 0 aromatic heterocycles. The van der Waals surface area contributed by atoms with Gasteiger partial charge in [-0.2, -0.15) is 0 Å². The molecule has 8 nitrogen and oxygen atoms in total. The van der Waals surface area contributed by atoms with Crippen LogP contribution in [0.25, 0.3) is 0 Å². The first kappa shape index (κ1) is 30.5. The van der Waals surface area contributed by atoms with Crippen LogP contribution in [0, 0.1) is 20.8 Å². The molecule has 0 bridgehead atoms. The van der Waals surface area contributed by atoms with Crippen molar-refractivity contribution in [3.63, 3.8) is 0 Å². The first-order chi connectivity index (χ1) is 18.3. The number of benzene rings is 3. The van der Waals surface area contributed by atoms with Crippen molar-refractivity contribution in [2.45, 2.75) is 41.5 Å². The van der Waals surface area contributed by atoms with Gasteiger partial charge in [0, 0.05) is 0 Å². The van der Waals surface area contributed by atoms with Gasteiger partial charge in [0.15, 0.2) is 0 Å². The second-order valence-electron chi connectivity index (χ2n) is 8.36. The fourth-order valence-corrected chi connectivity index (χ4v) is 9.81. The molecule has 1 N–H and O–H groups in total. The maximum atomic E-state index is 6.56. The van der Waals surface area contributed by atoms with Crippen molar-refractivity contribution in [1.29, 1.82) is 0 Å². The van der Waals surface area contributed by atoms with Gasteiger partial charge in [-0.3, -0.25) is 0 Å². The maximum absolute atomic E-state index is 6.56. The molecule has 3 rings (SSSR count). The Morgan fingerprint density at radius 2 is 1.34 bits per heavy atom. The Morgan fingerprint density at radius 1 is 0.763 bits per heavy atom. The summed E-state index contributed by atoms with van der Waals surface area (Å²) in [7, 11) is -7.57. The molecule has 2 unspecified atom stereocenters. The predicted molar refractivity (Wildman–Crippen MR) is 159 cm³/mol. The molecule has 2 atom stereocenters. The van der Waals surface area contributed by atoms with Gasteiger partial charge in [0.25, 0.3) is 0 Å². The average Bonchev–Trinajstić information content (AvgIpc) is 2.84. The van der Waals surface area contributed by atoms with Crippen LogP contribution in [0.15, 0.2) is 77.3 Å². The summed E-state index contributed by atoms with van der Waals surface area (Å²) in [5.74, 6) is 1.98. The van der Waals surface area contributed by atoms with Crippen molar-refractivity contribution in [1.82, 2.24) is 4.86 Å². The monoisotopic (exact) mass is 580 g/mol. The molecular formula is C27H39N2O6P3. The van der Waals surface area contributed by atoms with Crippen molar-refractivity contribution >= 4 is 24.7 Å². The molecule has 0 radical (unpaired) electrons. The molecule has 38 heavy (non-hydrogen) atoms. The SMILES string of the molecule is CCOP(N[PH](/N=[PH](/OCC)Oc1cccc(C)c1)(OCC)Oc1cccc(C)c1)Oc1cccc(C)c1. The number of aryl methyl sites for hydroxylation is 3. The normalized spacial score (nSPS) is 13.6. The van der Waals surface area contributed by atoms with Gasteiger partial charge in [-0.15, -0.1) is 0 Å². The van der Waals surface area contributed by atoms with E-state index in [2.05, 4.69) is 4.86 Å². The fourth-order valence-electron chi connectivity index (χ4n) is 3.39. The Labute approximate surface area is 229 Å². The second kappa shape index (κ2) is 15.5. The van der Waals surface area contributed by atoms with Crippen LogP contribution in [0.1, 0.15) is 37.5 Å². The van der Waals surface area contributed by atoms with E-state index in [1.165, 1.54) is 0 Å². The predicted octanol–water partition coefficient (Wildman–Crippen LogP) is 8.71. The van der Waals surface area contributed by atoms with Crippen molar-refractivity contribution in [2.24, 2.45) is 4.52 Å². The van der Waals surface area contributed by atoms with E-state index in [9.17, 15) is 0 Å². The third-order valence-electron chi connectivity index (χ3n) is 4.94. The molecule has 3 aromatic carbocycles. The third kappa shape index (κ3) is 9.94. The molecule has 0 amide bonds. The molecule has 0 heterocycles. The summed E-state index contributed by atoms with van der Waals surface area (Å²) in [6.07, 6.45) is 0. The van der Waals surface area contributed by atoms with E-state index in [4.69, 9.17) is 31.7 Å². The first-order valence-corrected chi connectivity index (χ1v) is 16.9. The summed E-state index contributed by atoms with van der Waals surface area (Å²) < 4.78 is 42.4. The molecule has 0 saturated carbocycles. The van der Waals surface area contributed by atoms with Gasteiger partial charge in [-0.25, -0.2) is 0 Å². The molecular weight excluding hydrogens is 541 g/mol. The Kier molecular flexibility index (Phi) is 12.5. The molecule has 0 aliphatic carbocycles. The summed E-state index contributed by atoms with van der Waals surface area (Å²) in [6, 6.07) is 23.3. The van der Waals surface area contributed by atoms with Crippen molar-refractivity contribution in [3.05, 3.63) is 89.5 Å². The Morgan fingerprint density at radius 3 is 1.92 bits per heavy atom. The molecule has 0 saturated heterocycles. The molecule has 0 aliphatic rings. The average molecular weight is 581 g/mol. The Balaban J connectivity index is 2.04. The molecule has 11 heteroatoms. The van der Waals surface area contributed by atoms with E-state index < -0.39 is 24.7 Å². The van der Waals surface area contributed by atoms with E-state index >= 15 is 0 Å². The van der Waals surface area contributed by atoms with Crippen LogP contribution in [0.2, 0.25) is 0 Å². The zero-order valence-electron chi connectivity index (χ0n) is 22.9. The van der Waals surface area contributed by atoms with Gasteiger partial charge in [-0.05, 0) is 0 Å². The fraction of sp³-hybridized carbons (Fsp3) is 0.333.